The summed E-state index contributed by atoms with van der Waals surface area (Å²) < 4.78 is 7.21. The van der Waals surface area contributed by atoms with Crippen molar-refractivity contribution >= 4 is 45.0 Å². The number of ether oxygens (including phenoxy) is 1. The maximum absolute atomic E-state index is 12.7. The Morgan fingerprint density at radius 3 is 2.64 bits per heavy atom. The molecule has 0 radical (unpaired) electrons. The maximum Gasteiger partial charge on any atom is 0.265 e. The zero-order chi connectivity index (χ0) is 17.8. The fourth-order valence-electron chi connectivity index (χ4n) is 2.75. The molecule has 25 heavy (non-hydrogen) atoms. The van der Waals surface area contributed by atoms with E-state index < -0.39 is 6.10 Å². The van der Waals surface area contributed by atoms with Gasteiger partial charge in [0.2, 0.25) is 0 Å². The highest BCUT2D eigenvalue weighted by Crippen LogP contribution is 2.27. The smallest absolute Gasteiger partial charge is 0.265 e. The van der Waals surface area contributed by atoms with Gasteiger partial charge in [0.1, 0.15) is 5.75 Å². The first-order valence-electron chi connectivity index (χ1n) is 8.30. The molecule has 128 valence electrons. The Labute approximate surface area is 161 Å². The normalized spacial score (nSPS) is 12.0. The lowest BCUT2D eigenvalue weighted by atomic mass is 10.1. The van der Waals surface area contributed by atoms with Gasteiger partial charge in [-0.3, -0.25) is 4.79 Å². The number of carbonyl (C=O) groups is 1. The van der Waals surface area contributed by atoms with Crippen molar-refractivity contribution in [3.05, 3.63) is 69.8 Å². The third kappa shape index (κ3) is 4.12. The maximum atomic E-state index is 12.7. The summed E-state index contributed by atoms with van der Waals surface area (Å²) in [6.07, 6.45) is 0.0582. The number of aryl methyl sites for hydroxylation is 1. The highest BCUT2D eigenvalue weighted by atomic mass is 127. The van der Waals surface area contributed by atoms with E-state index in [-0.39, 0.29) is 5.91 Å². The summed E-state index contributed by atoms with van der Waals surface area (Å²) in [7, 11) is 0. The molecule has 1 amide bonds. The first kappa shape index (κ1) is 17.7. The summed E-state index contributed by atoms with van der Waals surface area (Å²) in [6, 6.07) is 19.9. The SMILES string of the molecule is CCC(Oc1cccc2ccccc12)C(=O)Nc1ccc(I)cc1C. The van der Waals surface area contributed by atoms with E-state index in [1.54, 1.807) is 0 Å². The van der Waals surface area contributed by atoms with Crippen LogP contribution in [0.3, 0.4) is 0 Å². The van der Waals surface area contributed by atoms with Crippen molar-refractivity contribution in [3.63, 3.8) is 0 Å². The highest BCUT2D eigenvalue weighted by molar-refractivity contribution is 14.1. The molecule has 0 saturated heterocycles. The molecule has 0 aliphatic heterocycles. The number of rotatable bonds is 5. The highest BCUT2D eigenvalue weighted by Gasteiger charge is 2.20. The van der Waals surface area contributed by atoms with Crippen molar-refractivity contribution < 1.29 is 9.53 Å². The molecular formula is C21H20INO2. The molecule has 0 fully saturated rings. The van der Waals surface area contributed by atoms with E-state index >= 15 is 0 Å². The zero-order valence-corrected chi connectivity index (χ0v) is 16.4. The molecule has 0 aliphatic rings. The summed E-state index contributed by atoms with van der Waals surface area (Å²) in [6.45, 7) is 3.94. The molecule has 1 atom stereocenters. The van der Waals surface area contributed by atoms with Gasteiger partial charge in [0.25, 0.3) is 5.91 Å². The average Bonchev–Trinajstić information content (AvgIpc) is 2.62. The third-order valence-corrected chi connectivity index (χ3v) is 4.80. The summed E-state index contributed by atoms with van der Waals surface area (Å²) in [5.74, 6) is 0.610. The lowest BCUT2D eigenvalue weighted by Crippen LogP contribution is -2.32. The monoisotopic (exact) mass is 445 g/mol. The van der Waals surface area contributed by atoms with Crippen LogP contribution >= 0.6 is 22.6 Å². The van der Waals surface area contributed by atoms with Crippen LogP contribution < -0.4 is 10.1 Å². The third-order valence-electron chi connectivity index (χ3n) is 4.13. The molecule has 0 aliphatic carbocycles. The van der Waals surface area contributed by atoms with E-state index in [2.05, 4.69) is 27.9 Å². The second-order valence-electron chi connectivity index (χ2n) is 5.94. The van der Waals surface area contributed by atoms with Crippen LogP contribution in [-0.4, -0.2) is 12.0 Å². The van der Waals surface area contributed by atoms with E-state index in [0.29, 0.717) is 6.42 Å². The Morgan fingerprint density at radius 1 is 1.12 bits per heavy atom. The van der Waals surface area contributed by atoms with Gasteiger partial charge in [0.15, 0.2) is 6.10 Å². The van der Waals surface area contributed by atoms with Crippen molar-refractivity contribution in [2.75, 3.05) is 5.32 Å². The van der Waals surface area contributed by atoms with Crippen LogP contribution in [0.4, 0.5) is 5.69 Å². The van der Waals surface area contributed by atoms with Crippen LogP contribution in [0.1, 0.15) is 18.9 Å². The first-order valence-corrected chi connectivity index (χ1v) is 9.38. The van der Waals surface area contributed by atoms with Crippen LogP contribution in [0.25, 0.3) is 10.8 Å². The van der Waals surface area contributed by atoms with E-state index in [1.807, 2.05) is 74.5 Å². The average molecular weight is 445 g/mol. The lowest BCUT2D eigenvalue weighted by molar-refractivity contribution is -0.122. The molecule has 0 bridgehead atoms. The standard InChI is InChI=1S/C21H20INO2/c1-3-19(21(24)23-18-12-11-16(22)13-14(18)2)25-20-10-6-8-15-7-4-5-9-17(15)20/h4-13,19H,3H2,1-2H3,(H,23,24). The number of nitrogens with one attached hydrogen (secondary N) is 1. The predicted octanol–water partition coefficient (Wildman–Crippen LogP) is 5.55. The van der Waals surface area contributed by atoms with Gasteiger partial charge < -0.3 is 10.1 Å². The van der Waals surface area contributed by atoms with Crippen molar-refractivity contribution in [3.8, 4) is 5.75 Å². The Morgan fingerprint density at radius 2 is 1.88 bits per heavy atom. The minimum Gasteiger partial charge on any atom is -0.480 e. The predicted molar refractivity (Wildman–Crippen MR) is 111 cm³/mol. The number of fused-ring (bicyclic) bond motifs is 1. The molecule has 0 saturated carbocycles. The molecule has 0 heterocycles. The molecule has 1 N–H and O–H groups in total. The van der Waals surface area contributed by atoms with Crippen LogP contribution in [0.15, 0.2) is 60.7 Å². The van der Waals surface area contributed by atoms with E-state index in [4.69, 9.17) is 4.74 Å². The number of benzene rings is 3. The number of hydrogen-bond donors (Lipinski definition) is 1. The van der Waals surface area contributed by atoms with Crippen molar-refractivity contribution in [2.45, 2.75) is 26.4 Å². The second-order valence-corrected chi connectivity index (χ2v) is 7.19. The number of hydrogen-bond acceptors (Lipinski definition) is 2. The van der Waals surface area contributed by atoms with Crippen LogP contribution in [0, 0.1) is 10.5 Å². The molecule has 3 aromatic carbocycles. The van der Waals surface area contributed by atoms with Gasteiger partial charge in [0, 0.05) is 14.6 Å². The largest absolute Gasteiger partial charge is 0.480 e. The van der Waals surface area contributed by atoms with Gasteiger partial charge in [0.05, 0.1) is 0 Å². The molecule has 4 heteroatoms. The molecule has 3 rings (SSSR count). The molecule has 3 nitrogen and oxygen atoms in total. The Bertz CT molecular complexity index is 902. The van der Waals surface area contributed by atoms with Crippen LogP contribution in [-0.2, 0) is 4.79 Å². The molecule has 3 aromatic rings. The first-order chi connectivity index (χ1) is 12.1. The van der Waals surface area contributed by atoms with Gasteiger partial charge >= 0.3 is 0 Å². The summed E-state index contributed by atoms with van der Waals surface area (Å²) in [4.78, 5) is 12.7. The van der Waals surface area contributed by atoms with Crippen molar-refractivity contribution in [1.82, 2.24) is 0 Å². The number of amides is 1. The Balaban J connectivity index is 1.80. The minimum absolute atomic E-state index is 0.125. The topological polar surface area (TPSA) is 38.3 Å². The van der Waals surface area contributed by atoms with Gasteiger partial charge in [-0.05, 0) is 71.2 Å². The van der Waals surface area contributed by atoms with Gasteiger partial charge in [-0.15, -0.1) is 0 Å². The number of halogens is 1. The van der Waals surface area contributed by atoms with Crippen LogP contribution in [0.2, 0.25) is 0 Å². The van der Waals surface area contributed by atoms with E-state index in [0.717, 1.165) is 31.3 Å². The Hall–Kier alpha value is -2.08. The summed E-state index contributed by atoms with van der Waals surface area (Å²) in [5, 5.41) is 5.11. The van der Waals surface area contributed by atoms with E-state index in [9.17, 15) is 4.79 Å². The number of carbonyl (C=O) groups excluding carboxylic acids is 1. The van der Waals surface area contributed by atoms with Crippen molar-refractivity contribution in [1.29, 1.82) is 0 Å². The van der Waals surface area contributed by atoms with Gasteiger partial charge in [-0.2, -0.15) is 0 Å². The van der Waals surface area contributed by atoms with E-state index in [1.165, 1.54) is 0 Å². The summed E-state index contributed by atoms with van der Waals surface area (Å²) in [5.41, 5.74) is 1.87. The Kier molecular flexibility index (Phi) is 5.58. The fourth-order valence-corrected chi connectivity index (χ4v) is 3.40. The number of anilines is 1. The van der Waals surface area contributed by atoms with Crippen LogP contribution in [0.5, 0.6) is 5.75 Å². The fraction of sp³-hybridized carbons (Fsp3) is 0.190. The quantitative estimate of drug-likeness (QED) is 0.523. The summed E-state index contributed by atoms with van der Waals surface area (Å²) >= 11 is 2.26. The lowest BCUT2D eigenvalue weighted by Gasteiger charge is -2.19. The molecular weight excluding hydrogens is 425 g/mol. The molecule has 1 unspecified atom stereocenters. The molecule has 0 spiro atoms. The second kappa shape index (κ2) is 7.87. The van der Waals surface area contributed by atoms with Crippen molar-refractivity contribution in [2.24, 2.45) is 0 Å². The molecule has 0 aromatic heterocycles. The van der Waals surface area contributed by atoms with Gasteiger partial charge in [-0.1, -0.05) is 43.3 Å². The van der Waals surface area contributed by atoms with Gasteiger partial charge in [-0.25, -0.2) is 0 Å². The zero-order valence-electron chi connectivity index (χ0n) is 14.3. The minimum atomic E-state index is -0.538.